The Kier molecular flexibility index (Phi) is 4.76. The molecule has 1 atom stereocenters. The van der Waals surface area contributed by atoms with Crippen LogP contribution in [0.5, 0.6) is 5.75 Å². The Labute approximate surface area is 136 Å². The fourth-order valence-electron chi connectivity index (χ4n) is 2.80. The third-order valence-electron chi connectivity index (χ3n) is 4.08. The second kappa shape index (κ2) is 7.13. The number of hydrogen-bond donors (Lipinski definition) is 2. The molecule has 1 aromatic carbocycles. The summed E-state index contributed by atoms with van der Waals surface area (Å²) in [7, 11) is 0. The smallest absolute Gasteiger partial charge is 0.189 e. The molecule has 120 valence electrons. The van der Waals surface area contributed by atoms with E-state index in [0.29, 0.717) is 19.1 Å². The highest BCUT2D eigenvalue weighted by Crippen LogP contribution is 2.31. The van der Waals surface area contributed by atoms with Crippen molar-refractivity contribution < 1.29 is 4.74 Å². The quantitative estimate of drug-likeness (QED) is 0.672. The summed E-state index contributed by atoms with van der Waals surface area (Å²) in [6, 6.07) is 10.2. The van der Waals surface area contributed by atoms with Crippen LogP contribution in [0.4, 0.5) is 0 Å². The molecule has 2 heterocycles. The minimum Gasteiger partial charge on any atom is -0.493 e. The van der Waals surface area contributed by atoms with Crippen LogP contribution in [0, 0.1) is 6.92 Å². The first-order chi connectivity index (χ1) is 11.2. The van der Waals surface area contributed by atoms with E-state index in [2.05, 4.69) is 28.3 Å². The van der Waals surface area contributed by atoms with E-state index in [4.69, 9.17) is 10.5 Å². The van der Waals surface area contributed by atoms with Crippen molar-refractivity contribution >= 4 is 5.96 Å². The van der Waals surface area contributed by atoms with Crippen molar-refractivity contribution in [2.75, 3.05) is 13.2 Å². The number of guanidine groups is 1. The van der Waals surface area contributed by atoms with Crippen molar-refractivity contribution in [2.45, 2.75) is 25.8 Å². The van der Waals surface area contributed by atoms with Gasteiger partial charge in [0.1, 0.15) is 5.75 Å². The van der Waals surface area contributed by atoms with Crippen LogP contribution < -0.4 is 15.8 Å². The van der Waals surface area contributed by atoms with Crippen molar-refractivity contribution in [2.24, 2.45) is 10.7 Å². The normalized spacial score (nSPS) is 17.3. The molecule has 0 saturated carbocycles. The summed E-state index contributed by atoms with van der Waals surface area (Å²) in [5, 5.41) is 3.31. The summed E-state index contributed by atoms with van der Waals surface area (Å²) < 4.78 is 5.66. The zero-order valence-corrected chi connectivity index (χ0v) is 13.3. The van der Waals surface area contributed by atoms with Crippen molar-refractivity contribution in [3.8, 4) is 5.75 Å². The van der Waals surface area contributed by atoms with Crippen molar-refractivity contribution in [3.05, 3.63) is 59.4 Å². The van der Waals surface area contributed by atoms with Gasteiger partial charge in [0.25, 0.3) is 0 Å². The Morgan fingerprint density at radius 2 is 2.26 bits per heavy atom. The maximum Gasteiger partial charge on any atom is 0.189 e. The molecule has 0 fully saturated rings. The van der Waals surface area contributed by atoms with E-state index in [9.17, 15) is 0 Å². The number of fused-ring (bicyclic) bond motifs is 1. The molecule has 0 bridgehead atoms. The largest absolute Gasteiger partial charge is 0.493 e. The number of nitrogens with zero attached hydrogens (tertiary/aromatic N) is 2. The molecule has 0 aliphatic carbocycles. The molecular weight excluding hydrogens is 288 g/mol. The van der Waals surface area contributed by atoms with E-state index in [1.165, 1.54) is 11.1 Å². The molecule has 0 amide bonds. The summed E-state index contributed by atoms with van der Waals surface area (Å²) in [6.45, 7) is 3.42. The molecule has 0 spiro atoms. The van der Waals surface area contributed by atoms with Gasteiger partial charge in [-0.05, 0) is 36.6 Å². The predicted octanol–water partition coefficient (Wildman–Crippen LogP) is 2.36. The van der Waals surface area contributed by atoms with Crippen molar-refractivity contribution in [3.63, 3.8) is 0 Å². The van der Waals surface area contributed by atoms with E-state index < -0.39 is 0 Å². The van der Waals surface area contributed by atoms with Gasteiger partial charge in [-0.1, -0.05) is 18.2 Å². The number of hydrogen-bond acceptors (Lipinski definition) is 3. The van der Waals surface area contributed by atoms with E-state index in [1.54, 1.807) is 0 Å². The van der Waals surface area contributed by atoms with Gasteiger partial charge in [-0.15, -0.1) is 0 Å². The van der Waals surface area contributed by atoms with Gasteiger partial charge in [-0.25, -0.2) is 0 Å². The molecule has 1 aromatic heterocycles. The molecule has 1 aliphatic rings. The monoisotopic (exact) mass is 310 g/mol. The number of aromatic nitrogens is 1. The third kappa shape index (κ3) is 3.80. The highest BCUT2D eigenvalue weighted by atomic mass is 16.5. The van der Waals surface area contributed by atoms with Gasteiger partial charge in [0.15, 0.2) is 5.96 Å². The molecule has 5 nitrogen and oxygen atoms in total. The lowest BCUT2D eigenvalue weighted by Gasteiger charge is -2.26. The number of rotatable bonds is 4. The highest BCUT2D eigenvalue weighted by molar-refractivity contribution is 5.78. The topological polar surface area (TPSA) is 72.5 Å². The molecule has 1 aliphatic heterocycles. The Bertz CT molecular complexity index is 699. The standard InChI is InChI=1S/C18H22N4O/c1-13-12-20-9-6-14(13)7-10-21-18(19)22-16-8-11-23-17-5-3-2-4-15(16)17/h2-6,9,12,16H,7-8,10-11H2,1H3,(H3,19,21,22). The van der Waals surface area contributed by atoms with Gasteiger partial charge >= 0.3 is 0 Å². The fourth-order valence-corrected chi connectivity index (χ4v) is 2.80. The lowest BCUT2D eigenvalue weighted by molar-refractivity contribution is 0.262. The first kappa shape index (κ1) is 15.3. The van der Waals surface area contributed by atoms with Crippen LogP contribution in [0.1, 0.15) is 29.2 Å². The van der Waals surface area contributed by atoms with Crippen molar-refractivity contribution in [1.82, 2.24) is 10.3 Å². The molecule has 5 heteroatoms. The zero-order valence-electron chi connectivity index (χ0n) is 13.3. The molecule has 23 heavy (non-hydrogen) atoms. The molecule has 1 unspecified atom stereocenters. The molecule has 3 rings (SSSR count). The third-order valence-corrected chi connectivity index (χ3v) is 4.08. The lowest BCUT2D eigenvalue weighted by atomic mass is 10.0. The van der Waals surface area contributed by atoms with Crippen LogP contribution in [0.25, 0.3) is 0 Å². The number of pyridine rings is 1. The Morgan fingerprint density at radius 1 is 1.39 bits per heavy atom. The predicted molar refractivity (Wildman–Crippen MR) is 91.6 cm³/mol. The number of ether oxygens (including phenoxy) is 1. The molecule has 0 saturated heterocycles. The van der Waals surface area contributed by atoms with Crippen LogP contribution >= 0.6 is 0 Å². The van der Waals surface area contributed by atoms with E-state index in [-0.39, 0.29) is 6.04 Å². The second-order valence-electron chi connectivity index (χ2n) is 5.69. The molecule has 0 radical (unpaired) electrons. The maximum atomic E-state index is 6.05. The van der Waals surface area contributed by atoms with Crippen LogP contribution in [0.15, 0.2) is 47.7 Å². The van der Waals surface area contributed by atoms with Gasteiger partial charge in [-0.2, -0.15) is 0 Å². The zero-order chi connectivity index (χ0) is 16.1. The summed E-state index contributed by atoms with van der Waals surface area (Å²) in [6.07, 6.45) is 5.43. The Balaban J connectivity index is 1.59. The van der Waals surface area contributed by atoms with Gasteiger partial charge in [0, 0.05) is 30.9 Å². The number of aliphatic imine (C=N–C) groups is 1. The molecule has 3 N–H and O–H groups in total. The van der Waals surface area contributed by atoms with Crippen molar-refractivity contribution in [1.29, 1.82) is 0 Å². The first-order valence-electron chi connectivity index (χ1n) is 7.91. The van der Waals surface area contributed by atoms with E-state index in [1.807, 2.05) is 36.7 Å². The summed E-state index contributed by atoms with van der Waals surface area (Å²) in [5.41, 5.74) is 9.64. The lowest BCUT2D eigenvalue weighted by Crippen LogP contribution is -2.37. The number of aryl methyl sites for hydroxylation is 1. The van der Waals surface area contributed by atoms with Gasteiger partial charge in [-0.3, -0.25) is 9.98 Å². The number of nitrogens with one attached hydrogen (secondary N) is 1. The fraction of sp³-hybridized carbons (Fsp3) is 0.333. The molecule has 2 aromatic rings. The van der Waals surface area contributed by atoms with E-state index >= 15 is 0 Å². The Hall–Kier alpha value is -2.56. The number of para-hydroxylation sites is 1. The average Bonchev–Trinajstić information content (AvgIpc) is 2.57. The van der Waals surface area contributed by atoms with Gasteiger partial charge in [0.2, 0.25) is 0 Å². The van der Waals surface area contributed by atoms with Crippen LogP contribution in [0.3, 0.4) is 0 Å². The summed E-state index contributed by atoms with van der Waals surface area (Å²) >= 11 is 0. The van der Waals surface area contributed by atoms with Gasteiger partial charge < -0.3 is 15.8 Å². The van der Waals surface area contributed by atoms with Crippen LogP contribution in [-0.4, -0.2) is 24.1 Å². The SMILES string of the molecule is Cc1cnccc1CCN=C(N)NC1CCOc2ccccc21. The summed E-state index contributed by atoms with van der Waals surface area (Å²) in [5.74, 6) is 1.41. The van der Waals surface area contributed by atoms with Gasteiger partial charge in [0.05, 0.1) is 12.6 Å². The first-order valence-corrected chi connectivity index (χ1v) is 7.91. The number of nitrogens with two attached hydrogens (primary N) is 1. The van der Waals surface area contributed by atoms with E-state index in [0.717, 1.165) is 24.2 Å². The van der Waals surface area contributed by atoms with Crippen LogP contribution in [-0.2, 0) is 6.42 Å². The average molecular weight is 310 g/mol. The summed E-state index contributed by atoms with van der Waals surface area (Å²) in [4.78, 5) is 8.55. The Morgan fingerprint density at radius 3 is 3.13 bits per heavy atom. The molecular formula is C18H22N4O. The number of benzene rings is 1. The highest BCUT2D eigenvalue weighted by Gasteiger charge is 2.21. The second-order valence-corrected chi connectivity index (χ2v) is 5.69. The minimum atomic E-state index is 0.159. The minimum absolute atomic E-state index is 0.159. The van der Waals surface area contributed by atoms with Crippen LogP contribution in [0.2, 0.25) is 0 Å². The maximum absolute atomic E-state index is 6.05.